The summed E-state index contributed by atoms with van der Waals surface area (Å²) >= 11 is 0. The molecule has 0 N–H and O–H groups in total. The third-order valence-electron chi connectivity index (χ3n) is 6.60. The summed E-state index contributed by atoms with van der Waals surface area (Å²) in [5.41, 5.74) is 4.35. The maximum absolute atomic E-state index is 13.9. The number of piperidine rings is 1. The van der Waals surface area contributed by atoms with Gasteiger partial charge in [0.25, 0.3) is 5.91 Å². The number of amides is 1. The molecule has 168 valence electrons. The van der Waals surface area contributed by atoms with Gasteiger partial charge in [0, 0.05) is 35.9 Å². The van der Waals surface area contributed by atoms with Crippen LogP contribution >= 0.6 is 0 Å². The molecular weight excluding hydrogens is 414 g/mol. The first-order valence-corrected chi connectivity index (χ1v) is 11.2. The summed E-state index contributed by atoms with van der Waals surface area (Å²) in [5.74, 6) is 1.74. The number of carbonyl (C=O) groups is 1. The first-order chi connectivity index (χ1) is 16.0. The highest BCUT2D eigenvalue weighted by Gasteiger charge is 2.51. The number of benzene rings is 1. The highest BCUT2D eigenvalue weighted by Crippen LogP contribution is 2.52. The summed E-state index contributed by atoms with van der Waals surface area (Å²) in [6.07, 6.45) is 0.839. The van der Waals surface area contributed by atoms with Crippen molar-refractivity contribution in [3.05, 3.63) is 84.2 Å². The van der Waals surface area contributed by atoms with Crippen molar-refractivity contribution in [2.24, 2.45) is 11.8 Å². The first kappa shape index (κ1) is 21.2. The highest BCUT2D eigenvalue weighted by atomic mass is 16.5. The molecule has 3 atom stereocenters. The van der Waals surface area contributed by atoms with Crippen molar-refractivity contribution in [3.8, 4) is 22.9 Å². The lowest BCUT2D eigenvalue weighted by Gasteiger charge is -2.35. The van der Waals surface area contributed by atoms with Gasteiger partial charge >= 0.3 is 0 Å². The van der Waals surface area contributed by atoms with E-state index >= 15 is 0 Å². The van der Waals surface area contributed by atoms with E-state index in [9.17, 15) is 4.79 Å². The topological polar surface area (TPSA) is 64.6 Å². The van der Waals surface area contributed by atoms with E-state index in [-0.39, 0.29) is 11.9 Å². The number of ether oxygens (including phenoxy) is 2. The monoisotopic (exact) mass is 441 g/mol. The van der Waals surface area contributed by atoms with Gasteiger partial charge in [-0.05, 0) is 30.9 Å². The lowest BCUT2D eigenvalue weighted by atomic mass is 9.99. The lowest BCUT2D eigenvalue weighted by Crippen LogP contribution is -2.48. The number of rotatable bonds is 6. The molecule has 2 aliphatic rings. The van der Waals surface area contributed by atoms with Gasteiger partial charge in [-0.1, -0.05) is 54.6 Å². The number of likely N-dealkylation sites (tertiary alicyclic amines) is 1. The predicted molar refractivity (Wildman–Crippen MR) is 126 cm³/mol. The minimum Gasteiger partial charge on any atom is -0.481 e. The second kappa shape index (κ2) is 8.70. The SMILES string of the molecule is C=C1C2CC(COc3cccc(OC)n3)N(C(=O)c3nc(C)ccc3-c3ccccc3)CC12. The summed E-state index contributed by atoms with van der Waals surface area (Å²) in [6, 6.07) is 19.2. The minimum atomic E-state index is -0.0862. The molecule has 6 heteroatoms. The number of hydrogen-bond acceptors (Lipinski definition) is 5. The van der Waals surface area contributed by atoms with Crippen LogP contribution in [-0.4, -0.2) is 47.1 Å². The van der Waals surface area contributed by atoms with Gasteiger partial charge in [0.1, 0.15) is 12.3 Å². The standard InChI is InChI=1S/C27H27N3O3/c1-17-12-13-21(19-8-5-4-6-9-19)26(28-17)27(31)30-15-23-18(2)22(23)14-20(30)16-33-25-11-7-10-24(29-25)32-3/h4-13,20,22-23H,2,14-16H2,1,3H3. The molecular formula is C27H27N3O3. The molecule has 2 aromatic heterocycles. The fourth-order valence-corrected chi connectivity index (χ4v) is 4.67. The second-order valence-corrected chi connectivity index (χ2v) is 8.68. The Bertz CT molecular complexity index is 1190. The molecule has 3 unspecified atom stereocenters. The van der Waals surface area contributed by atoms with Gasteiger partial charge in [-0.2, -0.15) is 4.98 Å². The Labute approximate surface area is 193 Å². The Kier molecular flexibility index (Phi) is 5.58. The second-order valence-electron chi connectivity index (χ2n) is 8.68. The summed E-state index contributed by atoms with van der Waals surface area (Å²) in [4.78, 5) is 24.8. The molecule has 33 heavy (non-hydrogen) atoms. The van der Waals surface area contributed by atoms with Crippen LogP contribution in [0.25, 0.3) is 11.1 Å². The maximum atomic E-state index is 13.9. The van der Waals surface area contributed by atoms with E-state index in [1.807, 2.05) is 60.4 Å². The Morgan fingerprint density at radius 3 is 2.61 bits per heavy atom. The third-order valence-corrected chi connectivity index (χ3v) is 6.60. The number of aromatic nitrogens is 2. The number of hydrogen-bond donors (Lipinski definition) is 0. The smallest absolute Gasteiger partial charge is 0.273 e. The first-order valence-electron chi connectivity index (χ1n) is 11.2. The summed E-state index contributed by atoms with van der Waals surface area (Å²) in [7, 11) is 1.58. The zero-order valence-corrected chi connectivity index (χ0v) is 18.9. The molecule has 1 aliphatic heterocycles. The molecule has 1 aromatic carbocycles. The highest BCUT2D eigenvalue weighted by molar-refractivity contribution is 5.99. The molecule has 1 saturated carbocycles. The molecule has 1 amide bonds. The lowest BCUT2D eigenvalue weighted by molar-refractivity contribution is 0.0502. The average molecular weight is 442 g/mol. The van der Waals surface area contributed by atoms with Crippen molar-refractivity contribution in [2.45, 2.75) is 19.4 Å². The van der Waals surface area contributed by atoms with Crippen molar-refractivity contribution in [2.75, 3.05) is 20.3 Å². The van der Waals surface area contributed by atoms with Crippen LogP contribution in [0.15, 0.2) is 72.8 Å². The fourth-order valence-electron chi connectivity index (χ4n) is 4.67. The Balaban J connectivity index is 1.43. The number of fused-ring (bicyclic) bond motifs is 1. The molecule has 0 radical (unpaired) electrons. The van der Waals surface area contributed by atoms with Crippen LogP contribution in [0.3, 0.4) is 0 Å². The third kappa shape index (κ3) is 4.21. The molecule has 5 rings (SSSR count). The molecule has 2 fully saturated rings. The molecule has 0 bridgehead atoms. The van der Waals surface area contributed by atoms with Crippen LogP contribution in [0.1, 0.15) is 22.6 Å². The summed E-state index contributed by atoms with van der Waals surface area (Å²) in [6.45, 7) is 7.12. The van der Waals surface area contributed by atoms with Gasteiger partial charge in [-0.25, -0.2) is 4.98 Å². The van der Waals surface area contributed by atoms with Crippen LogP contribution in [-0.2, 0) is 0 Å². The van der Waals surface area contributed by atoms with Crippen molar-refractivity contribution in [3.63, 3.8) is 0 Å². The minimum absolute atomic E-state index is 0.0668. The Morgan fingerprint density at radius 2 is 1.82 bits per heavy atom. The molecule has 0 spiro atoms. The maximum Gasteiger partial charge on any atom is 0.273 e. The zero-order valence-electron chi connectivity index (χ0n) is 18.9. The largest absolute Gasteiger partial charge is 0.481 e. The molecule has 3 heterocycles. The van der Waals surface area contributed by atoms with Crippen LogP contribution in [0.2, 0.25) is 0 Å². The summed E-state index contributed by atoms with van der Waals surface area (Å²) in [5, 5.41) is 0. The van der Waals surface area contributed by atoms with Gasteiger partial charge in [-0.3, -0.25) is 4.79 Å². The van der Waals surface area contributed by atoms with Crippen LogP contribution in [0.4, 0.5) is 0 Å². The normalized spacial score (nSPS) is 21.3. The van der Waals surface area contributed by atoms with Crippen LogP contribution in [0.5, 0.6) is 11.8 Å². The van der Waals surface area contributed by atoms with E-state index in [4.69, 9.17) is 9.47 Å². The van der Waals surface area contributed by atoms with E-state index in [0.29, 0.717) is 42.4 Å². The van der Waals surface area contributed by atoms with Gasteiger partial charge in [-0.15, -0.1) is 0 Å². The Hall–Kier alpha value is -3.67. The number of methoxy groups -OCH3 is 1. The van der Waals surface area contributed by atoms with Crippen molar-refractivity contribution >= 4 is 5.91 Å². The van der Waals surface area contributed by atoms with Crippen LogP contribution in [0, 0.1) is 18.8 Å². The molecule has 6 nitrogen and oxygen atoms in total. The summed E-state index contributed by atoms with van der Waals surface area (Å²) < 4.78 is 11.2. The van der Waals surface area contributed by atoms with E-state index in [0.717, 1.165) is 23.2 Å². The number of nitrogens with zero attached hydrogens (tertiary/aromatic N) is 3. The fraction of sp³-hybridized carbons (Fsp3) is 0.296. The van der Waals surface area contributed by atoms with E-state index in [1.54, 1.807) is 19.2 Å². The van der Waals surface area contributed by atoms with Gasteiger partial charge in [0.2, 0.25) is 11.8 Å². The predicted octanol–water partition coefficient (Wildman–Crippen LogP) is 4.56. The molecule has 3 aromatic rings. The van der Waals surface area contributed by atoms with Gasteiger partial charge in [0.15, 0.2) is 0 Å². The molecule has 1 aliphatic carbocycles. The van der Waals surface area contributed by atoms with Gasteiger partial charge in [0.05, 0.1) is 13.2 Å². The number of aryl methyl sites for hydroxylation is 1. The number of pyridine rings is 2. The van der Waals surface area contributed by atoms with Crippen molar-refractivity contribution in [1.29, 1.82) is 0 Å². The van der Waals surface area contributed by atoms with E-state index in [2.05, 4.69) is 16.5 Å². The van der Waals surface area contributed by atoms with Crippen LogP contribution < -0.4 is 9.47 Å². The Morgan fingerprint density at radius 1 is 1.03 bits per heavy atom. The quantitative estimate of drug-likeness (QED) is 0.525. The van der Waals surface area contributed by atoms with E-state index in [1.165, 1.54) is 5.57 Å². The van der Waals surface area contributed by atoms with Crippen molar-refractivity contribution in [1.82, 2.24) is 14.9 Å². The zero-order chi connectivity index (χ0) is 22.9. The van der Waals surface area contributed by atoms with E-state index < -0.39 is 0 Å². The van der Waals surface area contributed by atoms with Crippen molar-refractivity contribution < 1.29 is 14.3 Å². The van der Waals surface area contributed by atoms with Gasteiger partial charge < -0.3 is 14.4 Å². The molecule has 1 saturated heterocycles. The number of carbonyl (C=O) groups excluding carboxylic acids is 1. The average Bonchev–Trinajstić information content (AvgIpc) is 3.50.